The van der Waals surface area contributed by atoms with E-state index in [-0.39, 0.29) is 5.92 Å². The summed E-state index contributed by atoms with van der Waals surface area (Å²) >= 11 is 0. The van der Waals surface area contributed by atoms with Crippen molar-refractivity contribution in [3.05, 3.63) is 0 Å². The predicted molar refractivity (Wildman–Crippen MR) is 87.3 cm³/mol. The highest BCUT2D eigenvalue weighted by Gasteiger charge is 2.29. The molecule has 0 N–H and O–H groups in total. The first-order valence-electron chi connectivity index (χ1n) is 8.72. The summed E-state index contributed by atoms with van der Waals surface area (Å²) in [5.41, 5.74) is 0. The van der Waals surface area contributed by atoms with Crippen LogP contribution in [-0.4, -0.2) is 72.5 Å². The third-order valence-electron chi connectivity index (χ3n) is 4.82. The molecule has 2 rings (SSSR count). The van der Waals surface area contributed by atoms with Crippen molar-refractivity contribution in [2.75, 3.05) is 45.8 Å². The highest BCUT2D eigenvalue weighted by atomic mass is 16.2. The third kappa shape index (κ3) is 4.68. The average Bonchev–Trinajstić information content (AvgIpc) is 2.47. The molecule has 0 aromatic heterocycles. The molecule has 4 nitrogen and oxygen atoms in total. The lowest BCUT2D eigenvalue weighted by molar-refractivity contribution is -0.136. The number of piperazine rings is 1. The van der Waals surface area contributed by atoms with Crippen LogP contribution in [0.3, 0.4) is 0 Å². The van der Waals surface area contributed by atoms with E-state index >= 15 is 0 Å². The first kappa shape index (κ1) is 16.8. The zero-order chi connectivity index (χ0) is 15.4. The van der Waals surface area contributed by atoms with Crippen LogP contribution in [0.1, 0.15) is 40.5 Å². The van der Waals surface area contributed by atoms with Gasteiger partial charge in [-0.2, -0.15) is 0 Å². The van der Waals surface area contributed by atoms with E-state index in [0.29, 0.717) is 11.9 Å². The maximum absolute atomic E-state index is 12.0. The van der Waals surface area contributed by atoms with Crippen LogP contribution in [-0.2, 0) is 4.79 Å². The summed E-state index contributed by atoms with van der Waals surface area (Å²) in [5, 5.41) is 0. The second kappa shape index (κ2) is 7.59. The number of nitrogens with zero attached hydrogens (tertiary/aromatic N) is 3. The van der Waals surface area contributed by atoms with E-state index in [4.69, 9.17) is 0 Å². The lowest BCUT2D eigenvalue weighted by Gasteiger charge is -2.43. The topological polar surface area (TPSA) is 26.8 Å². The van der Waals surface area contributed by atoms with Crippen LogP contribution < -0.4 is 0 Å². The van der Waals surface area contributed by atoms with E-state index in [1.165, 1.54) is 32.7 Å². The van der Waals surface area contributed by atoms with Gasteiger partial charge in [-0.1, -0.05) is 27.7 Å². The van der Waals surface area contributed by atoms with Crippen molar-refractivity contribution in [2.24, 2.45) is 11.8 Å². The summed E-state index contributed by atoms with van der Waals surface area (Å²) in [4.78, 5) is 19.4. The standard InChI is InChI=1S/C17H33N3O/c1-14(2)13-18-9-11-19(12-10-18)16-5-7-20(8-6-16)17(21)15(3)4/h14-16H,5-13H2,1-4H3. The van der Waals surface area contributed by atoms with Crippen molar-refractivity contribution in [3.8, 4) is 0 Å². The molecule has 21 heavy (non-hydrogen) atoms. The van der Waals surface area contributed by atoms with Gasteiger partial charge in [0, 0.05) is 57.8 Å². The molecular formula is C17H33N3O. The SMILES string of the molecule is CC(C)CN1CCN(C2CCN(C(=O)C(C)C)CC2)CC1. The van der Waals surface area contributed by atoms with Crippen LogP contribution in [0.25, 0.3) is 0 Å². The van der Waals surface area contributed by atoms with Gasteiger partial charge in [0.05, 0.1) is 0 Å². The number of carbonyl (C=O) groups is 1. The zero-order valence-electron chi connectivity index (χ0n) is 14.3. The van der Waals surface area contributed by atoms with Crippen LogP contribution in [0.5, 0.6) is 0 Å². The lowest BCUT2D eigenvalue weighted by atomic mass is 10.0. The van der Waals surface area contributed by atoms with Crippen LogP contribution in [0.15, 0.2) is 0 Å². The minimum Gasteiger partial charge on any atom is -0.342 e. The molecule has 2 saturated heterocycles. The largest absolute Gasteiger partial charge is 0.342 e. The van der Waals surface area contributed by atoms with Crippen LogP contribution >= 0.6 is 0 Å². The molecule has 0 atom stereocenters. The maximum atomic E-state index is 12.0. The molecule has 0 aliphatic carbocycles. The number of carbonyl (C=O) groups excluding carboxylic acids is 1. The monoisotopic (exact) mass is 295 g/mol. The van der Waals surface area contributed by atoms with Gasteiger partial charge in [0.2, 0.25) is 5.91 Å². The molecule has 0 spiro atoms. The van der Waals surface area contributed by atoms with E-state index in [1.807, 2.05) is 13.8 Å². The van der Waals surface area contributed by atoms with Crippen molar-refractivity contribution >= 4 is 5.91 Å². The van der Waals surface area contributed by atoms with Gasteiger partial charge < -0.3 is 9.80 Å². The van der Waals surface area contributed by atoms with Crippen molar-refractivity contribution in [2.45, 2.75) is 46.6 Å². The molecule has 2 heterocycles. The summed E-state index contributed by atoms with van der Waals surface area (Å²) < 4.78 is 0. The van der Waals surface area contributed by atoms with E-state index < -0.39 is 0 Å². The molecule has 0 radical (unpaired) electrons. The summed E-state index contributed by atoms with van der Waals surface area (Å²) in [6.07, 6.45) is 2.31. The Balaban J connectivity index is 1.73. The number of hydrogen-bond acceptors (Lipinski definition) is 3. The Labute approximate surface area is 130 Å². The second-order valence-corrected chi connectivity index (χ2v) is 7.44. The molecule has 0 unspecified atom stereocenters. The van der Waals surface area contributed by atoms with Crippen molar-refractivity contribution < 1.29 is 4.79 Å². The summed E-state index contributed by atoms with van der Waals surface area (Å²) in [5.74, 6) is 1.23. The normalized spacial score (nSPS) is 23.2. The highest BCUT2D eigenvalue weighted by Crippen LogP contribution is 2.20. The van der Waals surface area contributed by atoms with Gasteiger partial charge in [0.15, 0.2) is 0 Å². The molecule has 0 bridgehead atoms. The fraction of sp³-hybridized carbons (Fsp3) is 0.941. The van der Waals surface area contributed by atoms with Crippen molar-refractivity contribution in [1.82, 2.24) is 14.7 Å². The number of likely N-dealkylation sites (tertiary alicyclic amines) is 1. The third-order valence-corrected chi connectivity index (χ3v) is 4.82. The molecule has 2 aliphatic heterocycles. The van der Waals surface area contributed by atoms with Crippen LogP contribution in [0, 0.1) is 11.8 Å². The number of rotatable bonds is 4. The first-order valence-corrected chi connectivity index (χ1v) is 8.72. The minimum atomic E-state index is 0.140. The van der Waals surface area contributed by atoms with Gasteiger partial charge in [-0.25, -0.2) is 0 Å². The Morgan fingerprint density at radius 1 is 0.952 bits per heavy atom. The number of piperidine rings is 1. The van der Waals surface area contributed by atoms with Gasteiger partial charge in [0.25, 0.3) is 0 Å². The van der Waals surface area contributed by atoms with E-state index in [0.717, 1.165) is 31.8 Å². The fourth-order valence-corrected chi connectivity index (χ4v) is 3.64. The molecule has 0 saturated carbocycles. The molecule has 0 aromatic rings. The lowest BCUT2D eigenvalue weighted by Crippen LogP contribution is -2.54. The second-order valence-electron chi connectivity index (χ2n) is 7.44. The molecule has 0 aromatic carbocycles. The molecule has 1 amide bonds. The van der Waals surface area contributed by atoms with Gasteiger partial charge in [0.1, 0.15) is 0 Å². The molecule has 2 fully saturated rings. The summed E-state index contributed by atoms with van der Waals surface area (Å²) in [6.45, 7) is 16.6. The molecule has 2 aliphatic rings. The molecular weight excluding hydrogens is 262 g/mol. The van der Waals surface area contributed by atoms with Gasteiger partial charge in [-0.15, -0.1) is 0 Å². The van der Waals surface area contributed by atoms with Gasteiger partial charge >= 0.3 is 0 Å². The smallest absolute Gasteiger partial charge is 0.225 e. The Kier molecular flexibility index (Phi) is 6.06. The Morgan fingerprint density at radius 3 is 2.00 bits per heavy atom. The average molecular weight is 295 g/mol. The van der Waals surface area contributed by atoms with Crippen molar-refractivity contribution in [3.63, 3.8) is 0 Å². The summed E-state index contributed by atoms with van der Waals surface area (Å²) in [6, 6.07) is 0.697. The van der Waals surface area contributed by atoms with E-state index in [2.05, 4.69) is 28.5 Å². The minimum absolute atomic E-state index is 0.140. The maximum Gasteiger partial charge on any atom is 0.225 e. The fourth-order valence-electron chi connectivity index (χ4n) is 3.64. The Hall–Kier alpha value is -0.610. The molecule has 122 valence electrons. The van der Waals surface area contributed by atoms with Crippen LogP contribution in [0.4, 0.5) is 0 Å². The highest BCUT2D eigenvalue weighted by molar-refractivity contribution is 5.78. The Morgan fingerprint density at radius 2 is 1.52 bits per heavy atom. The Bertz CT molecular complexity index is 327. The van der Waals surface area contributed by atoms with Gasteiger partial charge in [-0.05, 0) is 18.8 Å². The first-order chi connectivity index (χ1) is 9.97. The quantitative estimate of drug-likeness (QED) is 0.793. The van der Waals surface area contributed by atoms with Crippen molar-refractivity contribution in [1.29, 1.82) is 0 Å². The predicted octanol–water partition coefficient (Wildman–Crippen LogP) is 1.91. The van der Waals surface area contributed by atoms with E-state index in [9.17, 15) is 4.79 Å². The van der Waals surface area contributed by atoms with Gasteiger partial charge in [-0.3, -0.25) is 9.69 Å². The number of amides is 1. The molecule has 4 heteroatoms. The summed E-state index contributed by atoms with van der Waals surface area (Å²) in [7, 11) is 0. The number of hydrogen-bond donors (Lipinski definition) is 0. The zero-order valence-corrected chi connectivity index (χ0v) is 14.3. The van der Waals surface area contributed by atoms with Crippen LogP contribution in [0.2, 0.25) is 0 Å². The van der Waals surface area contributed by atoms with E-state index in [1.54, 1.807) is 0 Å².